The lowest BCUT2D eigenvalue weighted by Gasteiger charge is -2.14. The molecule has 0 amide bonds. The fourth-order valence-corrected chi connectivity index (χ4v) is 6.99. The van der Waals surface area contributed by atoms with Crippen LogP contribution in [-0.2, 0) is 10.0 Å². The van der Waals surface area contributed by atoms with E-state index in [1.807, 2.05) is 11.3 Å². The van der Waals surface area contributed by atoms with E-state index in [2.05, 4.69) is 38.5 Å². The Kier molecular flexibility index (Phi) is 5.27. The van der Waals surface area contributed by atoms with Gasteiger partial charge in [0, 0.05) is 18.2 Å². The molecule has 182 valence electrons. The summed E-state index contributed by atoms with van der Waals surface area (Å²) in [4.78, 5) is 9.51. The first-order valence-electron chi connectivity index (χ1n) is 11.5. The number of benzene rings is 1. The molecule has 1 N–H and O–H groups in total. The highest BCUT2D eigenvalue weighted by Crippen LogP contribution is 2.41. The van der Waals surface area contributed by atoms with Crippen molar-refractivity contribution >= 4 is 43.3 Å². The Balaban J connectivity index is 1.37. The van der Waals surface area contributed by atoms with Gasteiger partial charge in [-0.3, -0.25) is 4.40 Å². The summed E-state index contributed by atoms with van der Waals surface area (Å²) in [7, 11) is -3.82. The van der Waals surface area contributed by atoms with Crippen LogP contribution in [0.2, 0.25) is 0 Å². The fourth-order valence-electron chi connectivity index (χ4n) is 5.00. The highest BCUT2D eigenvalue weighted by molar-refractivity contribution is 7.90. The van der Waals surface area contributed by atoms with Crippen LogP contribution in [0.3, 0.4) is 0 Å². The van der Waals surface area contributed by atoms with Gasteiger partial charge in [0.2, 0.25) is 0 Å². The van der Waals surface area contributed by atoms with Gasteiger partial charge >= 0.3 is 0 Å². The van der Waals surface area contributed by atoms with Crippen molar-refractivity contribution in [2.24, 2.45) is 5.92 Å². The van der Waals surface area contributed by atoms with Crippen LogP contribution in [0.25, 0.3) is 16.8 Å². The maximum Gasteiger partial charge on any atom is 0.269 e. The van der Waals surface area contributed by atoms with Crippen LogP contribution in [0.5, 0.6) is 0 Å². The van der Waals surface area contributed by atoms with Crippen molar-refractivity contribution in [1.82, 2.24) is 28.5 Å². The van der Waals surface area contributed by atoms with Crippen LogP contribution in [-0.4, -0.2) is 43.0 Å². The van der Waals surface area contributed by atoms with Crippen LogP contribution < -0.4 is 5.32 Å². The van der Waals surface area contributed by atoms with E-state index in [9.17, 15) is 8.42 Å². The van der Waals surface area contributed by atoms with E-state index < -0.39 is 10.0 Å². The van der Waals surface area contributed by atoms with Gasteiger partial charge in [-0.2, -0.15) is 5.26 Å². The zero-order chi connectivity index (χ0) is 25.0. The van der Waals surface area contributed by atoms with E-state index in [0.717, 1.165) is 29.4 Å². The van der Waals surface area contributed by atoms with Crippen LogP contribution in [0.15, 0.2) is 53.8 Å². The Morgan fingerprint density at radius 3 is 2.67 bits per heavy atom. The molecule has 1 aliphatic carbocycles. The number of nitriles is 1. The third-order valence-corrected chi connectivity index (χ3v) is 9.31. The highest BCUT2D eigenvalue weighted by atomic mass is 32.2. The van der Waals surface area contributed by atoms with Gasteiger partial charge in [-0.15, -0.1) is 10.2 Å². The van der Waals surface area contributed by atoms with Crippen molar-refractivity contribution in [3.63, 3.8) is 0 Å². The summed E-state index contributed by atoms with van der Waals surface area (Å²) >= 11 is 1.34. The molecule has 0 aliphatic heterocycles. The molecule has 0 unspecified atom stereocenters. The van der Waals surface area contributed by atoms with Crippen molar-refractivity contribution < 1.29 is 8.42 Å². The molecule has 0 bridgehead atoms. The van der Waals surface area contributed by atoms with Gasteiger partial charge in [-0.05, 0) is 43.9 Å². The maximum absolute atomic E-state index is 13.4. The fraction of sp³-hybridized carbons (Fsp3) is 0.292. The lowest BCUT2D eigenvalue weighted by atomic mass is 9.97. The van der Waals surface area contributed by atoms with E-state index in [1.54, 1.807) is 42.7 Å². The zero-order valence-corrected chi connectivity index (χ0v) is 21.2. The third-order valence-electron chi connectivity index (χ3n) is 6.80. The van der Waals surface area contributed by atoms with E-state index in [-0.39, 0.29) is 16.9 Å². The summed E-state index contributed by atoms with van der Waals surface area (Å²) in [5.74, 6) is 1.21. The second kappa shape index (κ2) is 8.39. The van der Waals surface area contributed by atoms with Crippen molar-refractivity contribution in [2.45, 2.75) is 43.5 Å². The highest BCUT2D eigenvalue weighted by Gasteiger charge is 2.36. The Hall–Kier alpha value is -3.82. The molecule has 1 saturated carbocycles. The molecule has 4 heterocycles. The summed E-state index contributed by atoms with van der Waals surface area (Å²) in [6, 6.07) is 10.8. The molecular formula is C24H22N8O2S2. The first-order chi connectivity index (χ1) is 17.3. The molecule has 3 atom stereocenters. The van der Waals surface area contributed by atoms with E-state index >= 15 is 0 Å². The number of hydrogen-bond donors (Lipinski definition) is 1. The number of fused-ring (bicyclic) bond motifs is 3. The Bertz CT molecular complexity index is 1740. The largest absolute Gasteiger partial charge is 0.359 e. The minimum absolute atomic E-state index is 0.107. The number of anilines is 1. The summed E-state index contributed by atoms with van der Waals surface area (Å²) in [6.45, 7) is 4.10. The number of nitrogens with zero attached hydrogens (tertiary/aromatic N) is 7. The second-order valence-electron chi connectivity index (χ2n) is 9.19. The predicted octanol–water partition coefficient (Wildman–Crippen LogP) is 3.95. The molecule has 6 rings (SSSR count). The summed E-state index contributed by atoms with van der Waals surface area (Å²) < 4.78 is 29.9. The molecule has 10 nitrogen and oxygen atoms in total. The van der Waals surface area contributed by atoms with E-state index in [4.69, 9.17) is 5.26 Å². The summed E-state index contributed by atoms with van der Waals surface area (Å²) in [5.41, 5.74) is 2.53. The van der Waals surface area contributed by atoms with Gasteiger partial charge in [-0.25, -0.2) is 22.4 Å². The predicted molar refractivity (Wildman–Crippen MR) is 135 cm³/mol. The molecule has 0 spiro atoms. The number of aromatic nitrogens is 6. The lowest BCUT2D eigenvalue weighted by molar-refractivity contribution is 0.507. The maximum atomic E-state index is 13.4. The smallest absolute Gasteiger partial charge is 0.269 e. The number of hydrogen-bond acceptors (Lipinski definition) is 9. The zero-order valence-electron chi connectivity index (χ0n) is 19.5. The SMILES string of the molecule is Cc1ccc(S(=O)(=O)n2ccc3c2ncc2nnc([C@H]4C[C@@H](Nc5ncc(C#N)s5)C[C@H]4C)n23)cc1. The van der Waals surface area contributed by atoms with Crippen LogP contribution in [0.4, 0.5) is 5.13 Å². The molecule has 36 heavy (non-hydrogen) atoms. The van der Waals surface area contributed by atoms with Crippen molar-refractivity contribution in [3.05, 3.63) is 65.2 Å². The van der Waals surface area contributed by atoms with Crippen LogP contribution in [0.1, 0.15) is 41.9 Å². The van der Waals surface area contributed by atoms with Gasteiger partial charge < -0.3 is 5.32 Å². The molecule has 4 aromatic heterocycles. The first-order valence-corrected chi connectivity index (χ1v) is 13.8. The minimum Gasteiger partial charge on any atom is -0.359 e. The quantitative estimate of drug-likeness (QED) is 0.370. The summed E-state index contributed by atoms with van der Waals surface area (Å²) in [5, 5.41) is 22.1. The normalized spacial score (nSPS) is 20.2. The molecule has 1 aromatic carbocycles. The van der Waals surface area contributed by atoms with E-state index in [0.29, 0.717) is 27.6 Å². The van der Waals surface area contributed by atoms with Crippen LogP contribution >= 0.6 is 11.3 Å². The Labute approximate surface area is 211 Å². The Morgan fingerprint density at radius 2 is 1.92 bits per heavy atom. The number of rotatable bonds is 5. The number of aryl methyl sites for hydroxylation is 1. The molecule has 12 heteroatoms. The average Bonchev–Trinajstić information content (AvgIpc) is 3.64. The summed E-state index contributed by atoms with van der Waals surface area (Å²) in [6.07, 6.45) is 6.41. The van der Waals surface area contributed by atoms with Crippen molar-refractivity contribution in [3.8, 4) is 6.07 Å². The standard InChI is InChI=1S/C24H22N8O2S2/c1-14-3-5-18(6-4-14)36(33,34)31-8-7-20-23(31)26-13-21-29-30-22(32(20)21)19-10-16(9-15(19)2)28-24-27-12-17(11-25)35-24/h3-8,12-13,15-16,19H,9-10H2,1-2H3,(H,27,28)/t15-,16+,19+/m1/s1. The van der Waals surface area contributed by atoms with Crippen molar-refractivity contribution in [1.29, 1.82) is 5.26 Å². The van der Waals surface area contributed by atoms with Crippen LogP contribution in [0, 0.1) is 24.2 Å². The Morgan fingerprint density at radius 1 is 1.11 bits per heavy atom. The topological polar surface area (TPSA) is 131 Å². The van der Waals surface area contributed by atoms with Gasteiger partial charge in [0.15, 0.2) is 16.4 Å². The molecular weight excluding hydrogens is 496 g/mol. The minimum atomic E-state index is -3.82. The van der Waals surface area contributed by atoms with Gasteiger partial charge in [0.05, 0.1) is 22.8 Å². The number of thiazole rings is 1. The first kappa shape index (κ1) is 22.6. The van der Waals surface area contributed by atoms with Gasteiger partial charge in [0.1, 0.15) is 16.8 Å². The van der Waals surface area contributed by atoms with Gasteiger partial charge in [0.25, 0.3) is 10.0 Å². The monoisotopic (exact) mass is 518 g/mol. The van der Waals surface area contributed by atoms with E-state index in [1.165, 1.54) is 21.5 Å². The van der Waals surface area contributed by atoms with Gasteiger partial charge in [-0.1, -0.05) is 36.0 Å². The molecule has 5 aromatic rings. The molecule has 1 aliphatic rings. The number of nitrogens with one attached hydrogen (secondary N) is 1. The molecule has 0 saturated heterocycles. The third kappa shape index (κ3) is 3.63. The molecule has 1 fully saturated rings. The average molecular weight is 519 g/mol. The van der Waals surface area contributed by atoms with Crippen molar-refractivity contribution in [2.75, 3.05) is 5.32 Å². The molecule has 0 radical (unpaired) electrons. The lowest BCUT2D eigenvalue weighted by Crippen LogP contribution is -2.15. The second-order valence-corrected chi connectivity index (χ2v) is 12.0.